The van der Waals surface area contributed by atoms with E-state index in [-0.39, 0.29) is 17.4 Å². The first-order valence-electron chi connectivity index (χ1n) is 4.19. The lowest BCUT2D eigenvalue weighted by Crippen LogP contribution is -2.33. The van der Waals surface area contributed by atoms with Gasteiger partial charge in [0.05, 0.1) is 11.1 Å². The third-order valence-electron chi connectivity index (χ3n) is 1.47. The lowest BCUT2D eigenvalue weighted by atomic mass is 9.81. The summed E-state index contributed by atoms with van der Waals surface area (Å²) in [5, 5.41) is 18.4. The van der Waals surface area contributed by atoms with Gasteiger partial charge in [0.1, 0.15) is 0 Å². The van der Waals surface area contributed by atoms with Crippen LogP contribution in [0, 0.1) is 0 Å². The molecule has 0 aliphatic heterocycles. The largest absolute Gasteiger partial charge is 0.494 e. The average molecular weight is 215 g/mol. The van der Waals surface area contributed by atoms with Gasteiger partial charge >= 0.3 is 7.12 Å². The van der Waals surface area contributed by atoms with Crippen molar-refractivity contribution in [2.75, 3.05) is 0 Å². The lowest BCUT2D eigenvalue weighted by Gasteiger charge is -2.12. The number of ether oxygens (including phenoxy) is 1. The van der Waals surface area contributed by atoms with Gasteiger partial charge in [-0.25, -0.2) is 4.98 Å². The summed E-state index contributed by atoms with van der Waals surface area (Å²) in [5.74, 6) is 0.194. The quantitative estimate of drug-likeness (QED) is 0.707. The second-order valence-electron chi connectivity index (χ2n) is 3.09. The van der Waals surface area contributed by atoms with E-state index in [2.05, 4.69) is 4.98 Å². The minimum absolute atomic E-state index is 0.0822. The molecule has 0 amide bonds. The summed E-state index contributed by atoms with van der Waals surface area (Å²) < 4.78 is 5.27. The monoisotopic (exact) mass is 215 g/mol. The molecule has 14 heavy (non-hydrogen) atoms. The van der Waals surface area contributed by atoms with Crippen LogP contribution in [0.15, 0.2) is 12.3 Å². The molecule has 6 heteroatoms. The maximum atomic E-state index is 9.02. The fraction of sp³-hybridized carbons (Fsp3) is 0.375. The number of nitrogens with zero attached hydrogens (tertiary/aromatic N) is 1. The smallest absolute Gasteiger partial charge is 0.475 e. The average Bonchev–Trinajstić information content (AvgIpc) is 2.07. The van der Waals surface area contributed by atoms with Crippen molar-refractivity contribution >= 4 is 24.2 Å². The van der Waals surface area contributed by atoms with Crippen molar-refractivity contribution in [3.05, 3.63) is 17.3 Å². The Hall–Kier alpha value is -0.775. The van der Waals surface area contributed by atoms with Crippen LogP contribution in [0.2, 0.25) is 5.02 Å². The molecule has 76 valence electrons. The van der Waals surface area contributed by atoms with E-state index >= 15 is 0 Å². The van der Waals surface area contributed by atoms with E-state index in [1.54, 1.807) is 0 Å². The number of rotatable bonds is 3. The lowest BCUT2D eigenvalue weighted by molar-refractivity contribution is 0.234. The topological polar surface area (TPSA) is 62.6 Å². The minimum atomic E-state index is -1.63. The number of hydrogen-bond donors (Lipinski definition) is 2. The van der Waals surface area contributed by atoms with E-state index in [0.29, 0.717) is 5.02 Å². The number of pyridine rings is 1. The van der Waals surface area contributed by atoms with Gasteiger partial charge < -0.3 is 14.8 Å². The fourth-order valence-corrected chi connectivity index (χ4v) is 1.12. The Bertz CT molecular complexity index is 319. The second kappa shape index (κ2) is 4.64. The van der Waals surface area contributed by atoms with Crippen LogP contribution >= 0.6 is 11.6 Å². The predicted molar refractivity (Wildman–Crippen MR) is 54.8 cm³/mol. The molecule has 0 fully saturated rings. The Morgan fingerprint density at radius 2 is 2.14 bits per heavy atom. The summed E-state index contributed by atoms with van der Waals surface area (Å²) in [6.45, 7) is 3.65. The van der Waals surface area contributed by atoms with Gasteiger partial charge in [0.25, 0.3) is 0 Å². The molecule has 0 aliphatic rings. The highest BCUT2D eigenvalue weighted by Crippen LogP contribution is 2.11. The fourth-order valence-electron chi connectivity index (χ4n) is 0.949. The molecular formula is C8H11BClNO3. The predicted octanol–water partition coefficient (Wildman–Crippen LogP) is 0.202. The Morgan fingerprint density at radius 3 is 2.64 bits per heavy atom. The molecule has 0 unspecified atom stereocenters. The zero-order chi connectivity index (χ0) is 10.7. The Balaban J connectivity index is 3.02. The van der Waals surface area contributed by atoms with E-state index in [4.69, 9.17) is 26.4 Å². The molecule has 0 saturated heterocycles. The van der Waals surface area contributed by atoms with Crippen LogP contribution in [0.25, 0.3) is 0 Å². The van der Waals surface area contributed by atoms with Crippen molar-refractivity contribution < 1.29 is 14.8 Å². The van der Waals surface area contributed by atoms with E-state index in [0.717, 1.165) is 0 Å². The van der Waals surface area contributed by atoms with Crippen molar-refractivity contribution in [2.45, 2.75) is 20.0 Å². The molecule has 0 atom stereocenters. The van der Waals surface area contributed by atoms with Crippen LogP contribution in [0.3, 0.4) is 0 Å². The molecule has 1 aromatic rings. The number of hydrogen-bond acceptors (Lipinski definition) is 4. The Kier molecular flexibility index (Phi) is 3.74. The molecule has 0 aliphatic carbocycles. The van der Waals surface area contributed by atoms with E-state index in [1.807, 2.05) is 13.8 Å². The first-order chi connectivity index (χ1) is 6.50. The molecule has 2 N–H and O–H groups in total. The van der Waals surface area contributed by atoms with Crippen molar-refractivity contribution in [3.8, 4) is 5.88 Å². The zero-order valence-corrected chi connectivity index (χ0v) is 8.69. The molecule has 0 aromatic carbocycles. The first-order valence-corrected chi connectivity index (χ1v) is 4.56. The van der Waals surface area contributed by atoms with Gasteiger partial charge in [-0.05, 0) is 19.9 Å². The molecule has 0 spiro atoms. The van der Waals surface area contributed by atoms with Gasteiger partial charge in [-0.15, -0.1) is 0 Å². The van der Waals surface area contributed by atoms with E-state index < -0.39 is 7.12 Å². The highest BCUT2D eigenvalue weighted by atomic mass is 35.5. The zero-order valence-electron chi connectivity index (χ0n) is 7.94. The molecule has 0 bridgehead atoms. The van der Waals surface area contributed by atoms with Gasteiger partial charge in [0.2, 0.25) is 5.88 Å². The summed E-state index contributed by atoms with van der Waals surface area (Å²) >= 11 is 5.66. The SMILES string of the molecule is CC(C)Oc1ncc(Cl)cc1B(O)O. The van der Waals surface area contributed by atoms with Crippen molar-refractivity contribution in [2.24, 2.45) is 0 Å². The molecule has 0 radical (unpaired) electrons. The summed E-state index contributed by atoms with van der Waals surface area (Å²) in [6.07, 6.45) is 1.31. The molecule has 1 rings (SSSR count). The van der Waals surface area contributed by atoms with E-state index in [1.165, 1.54) is 12.3 Å². The van der Waals surface area contributed by atoms with Gasteiger partial charge in [0, 0.05) is 11.7 Å². The standard InChI is InChI=1S/C8H11BClNO3/c1-5(2)14-8-7(9(12)13)3-6(10)4-11-8/h3-5,12-13H,1-2H3. The maximum Gasteiger partial charge on any atom is 0.494 e. The van der Waals surface area contributed by atoms with Crippen molar-refractivity contribution in [3.63, 3.8) is 0 Å². The van der Waals surface area contributed by atoms with Crippen molar-refractivity contribution in [1.29, 1.82) is 0 Å². The summed E-state index contributed by atoms with van der Waals surface area (Å²) in [4.78, 5) is 3.87. The number of aromatic nitrogens is 1. The molecule has 4 nitrogen and oxygen atoms in total. The summed E-state index contributed by atoms with van der Waals surface area (Å²) in [6, 6.07) is 1.41. The molecular weight excluding hydrogens is 204 g/mol. The summed E-state index contributed by atoms with van der Waals surface area (Å²) in [7, 11) is -1.63. The van der Waals surface area contributed by atoms with Gasteiger partial charge in [-0.1, -0.05) is 11.6 Å². The third kappa shape index (κ3) is 2.87. The van der Waals surface area contributed by atoms with Crippen LogP contribution in [-0.4, -0.2) is 28.3 Å². The second-order valence-corrected chi connectivity index (χ2v) is 3.52. The van der Waals surface area contributed by atoms with Crippen LogP contribution in [0.1, 0.15) is 13.8 Å². The van der Waals surface area contributed by atoms with E-state index in [9.17, 15) is 0 Å². The van der Waals surface area contributed by atoms with Crippen LogP contribution in [0.4, 0.5) is 0 Å². The minimum Gasteiger partial charge on any atom is -0.475 e. The van der Waals surface area contributed by atoms with Crippen LogP contribution < -0.4 is 10.2 Å². The van der Waals surface area contributed by atoms with Crippen LogP contribution in [0.5, 0.6) is 5.88 Å². The van der Waals surface area contributed by atoms with Gasteiger partial charge in [-0.2, -0.15) is 0 Å². The van der Waals surface area contributed by atoms with Gasteiger partial charge in [0.15, 0.2) is 0 Å². The third-order valence-corrected chi connectivity index (χ3v) is 1.68. The molecule has 1 aromatic heterocycles. The van der Waals surface area contributed by atoms with Crippen LogP contribution in [-0.2, 0) is 0 Å². The molecule has 0 saturated carbocycles. The Labute approximate surface area is 87.6 Å². The highest BCUT2D eigenvalue weighted by molar-refractivity contribution is 6.60. The number of halogens is 1. The van der Waals surface area contributed by atoms with Gasteiger partial charge in [-0.3, -0.25) is 0 Å². The Morgan fingerprint density at radius 1 is 1.50 bits per heavy atom. The first kappa shape index (κ1) is 11.3. The maximum absolute atomic E-state index is 9.02. The van der Waals surface area contributed by atoms with Crippen molar-refractivity contribution in [1.82, 2.24) is 4.98 Å². The summed E-state index contributed by atoms with van der Waals surface area (Å²) in [5.41, 5.74) is 0.172. The normalized spacial score (nSPS) is 10.4. The highest BCUT2D eigenvalue weighted by Gasteiger charge is 2.19. The molecule has 1 heterocycles.